The molecule has 3 amide bonds. The average molecular weight is 444 g/mol. The Morgan fingerprint density at radius 1 is 1.19 bits per heavy atom. The minimum absolute atomic E-state index is 0.0617. The van der Waals surface area contributed by atoms with Gasteiger partial charge in [-0.05, 0) is 61.6 Å². The van der Waals surface area contributed by atoms with Gasteiger partial charge < -0.3 is 10.1 Å². The first kappa shape index (κ1) is 22.2. The fourth-order valence-electron chi connectivity index (χ4n) is 3.11. The van der Waals surface area contributed by atoms with Gasteiger partial charge in [0.15, 0.2) is 5.11 Å². The molecule has 3 rings (SSSR count). The quantitative estimate of drug-likeness (QED) is 0.637. The molecule has 31 heavy (non-hydrogen) atoms. The van der Waals surface area contributed by atoms with Crippen molar-refractivity contribution in [1.82, 2.24) is 15.3 Å². The van der Waals surface area contributed by atoms with E-state index < -0.39 is 29.6 Å². The molecular formula is C21H21FN4O4S. The van der Waals surface area contributed by atoms with Gasteiger partial charge in [-0.3, -0.25) is 24.7 Å². The summed E-state index contributed by atoms with van der Waals surface area (Å²) in [5, 5.41) is 3.96. The molecule has 0 bridgehead atoms. The van der Waals surface area contributed by atoms with Crippen molar-refractivity contribution in [3.63, 3.8) is 0 Å². The molecule has 10 heteroatoms. The Morgan fingerprint density at radius 2 is 1.90 bits per heavy atom. The number of carbonyl (C=O) groups is 3. The predicted octanol–water partition coefficient (Wildman–Crippen LogP) is 2.33. The minimum Gasteiger partial charge on any atom is -0.497 e. The number of halogens is 1. The third-order valence-corrected chi connectivity index (χ3v) is 5.09. The monoisotopic (exact) mass is 444 g/mol. The normalized spacial score (nSPS) is 15.8. The van der Waals surface area contributed by atoms with E-state index in [1.165, 1.54) is 35.2 Å². The number of benzene rings is 2. The van der Waals surface area contributed by atoms with Crippen LogP contribution in [0.4, 0.5) is 10.1 Å². The van der Waals surface area contributed by atoms with Gasteiger partial charge >= 0.3 is 0 Å². The smallest absolute Gasteiger partial charge is 0.269 e. The molecule has 0 spiro atoms. The second kappa shape index (κ2) is 9.52. The van der Waals surface area contributed by atoms with Crippen LogP contribution in [0.15, 0.2) is 48.5 Å². The van der Waals surface area contributed by atoms with Gasteiger partial charge in [-0.25, -0.2) is 9.40 Å². The van der Waals surface area contributed by atoms with Crippen LogP contribution in [-0.4, -0.2) is 52.4 Å². The lowest BCUT2D eigenvalue weighted by molar-refractivity contribution is -0.130. The lowest BCUT2D eigenvalue weighted by Gasteiger charge is -2.24. The summed E-state index contributed by atoms with van der Waals surface area (Å²) in [6.07, 6.45) is -0.245. The molecule has 1 saturated heterocycles. The zero-order chi connectivity index (χ0) is 22.5. The molecule has 0 aromatic heterocycles. The van der Waals surface area contributed by atoms with Crippen LogP contribution in [0.25, 0.3) is 0 Å². The third-order valence-electron chi connectivity index (χ3n) is 4.68. The highest BCUT2D eigenvalue weighted by atomic mass is 32.1. The van der Waals surface area contributed by atoms with Crippen LogP contribution in [0.1, 0.15) is 23.7 Å². The summed E-state index contributed by atoms with van der Waals surface area (Å²) in [4.78, 5) is 39.2. The van der Waals surface area contributed by atoms with Crippen LogP contribution < -0.4 is 15.5 Å². The summed E-state index contributed by atoms with van der Waals surface area (Å²) < 4.78 is 18.5. The van der Waals surface area contributed by atoms with Crippen molar-refractivity contribution in [2.24, 2.45) is 0 Å². The number of methoxy groups -OCH3 is 1. The molecule has 2 aromatic rings. The number of hydrogen-bond acceptors (Lipinski definition) is 5. The van der Waals surface area contributed by atoms with E-state index in [4.69, 9.17) is 17.0 Å². The average Bonchev–Trinajstić information content (AvgIpc) is 2.97. The zero-order valence-corrected chi connectivity index (χ0v) is 17.7. The van der Waals surface area contributed by atoms with Gasteiger partial charge in [-0.1, -0.05) is 6.07 Å². The number of carbonyl (C=O) groups excluding carboxylic acids is 3. The van der Waals surface area contributed by atoms with Gasteiger partial charge in [0.25, 0.3) is 11.8 Å². The van der Waals surface area contributed by atoms with E-state index in [2.05, 4.69) is 10.7 Å². The maximum Gasteiger partial charge on any atom is 0.269 e. The molecule has 1 aliphatic heterocycles. The van der Waals surface area contributed by atoms with E-state index in [0.29, 0.717) is 11.4 Å². The highest BCUT2D eigenvalue weighted by molar-refractivity contribution is 7.80. The molecule has 2 N–H and O–H groups in total. The Bertz CT molecular complexity index is 1010. The van der Waals surface area contributed by atoms with E-state index in [9.17, 15) is 18.8 Å². The summed E-state index contributed by atoms with van der Waals surface area (Å²) in [5.74, 6) is -1.42. The summed E-state index contributed by atoms with van der Waals surface area (Å²) in [7, 11) is 1.54. The van der Waals surface area contributed by atoms with Crippen molar-refractivity contribution < 1.29 is 23.5 Å². The maximum atomic E-state index is 13.5. The van der Waals surface area contributed by atoms with Crippen molar-refractivity contribution in [2.45, 2.75) is 19.4 Å². The summed E-state index contributed by atoms with van der Waals surface area (Å²) in [6, 6.07) is 10.8. The van der Waals surface area contributed by atoms with Gasteiger partial charge in [-0.15, -0.1) is 0 Å². The van der Waals surface area contributed by atoms with Gasteiger partial charge in [0.2, 0.25) is 5.91 Å². The zero-order valence-electron chi connectivity index (χ0n) is 16.9. The lowest BCUT2D eigenvalue weighted by Crippen LogP contribution is -2.49. The Hall–Kier alpha value is -3.53. The van der Waals surface area contributed by atoms with Crippen molar-refractivity contribution in [2.75, 3.05) is 19.0 Å². The first-order valence-electron chi connectivity index (χ1n) is 9.49. The number of likely N-dealkylation sites (N-methyl/N-ethyl adjacent to an activating group) is 1. The number of nitrogens with one attached hydrogen (secondary N) is 2. The molecule has 2 aromatic carbocycles. The van der Waals surface area contributed by atoms with E-state index in [-0.39, 0.29) is 23.6 Å². The highest BCUT2D eigenvalue weighted by Gasteiger charge is 2.43. The van der Waals surface area contributed by atoms with Crippen LogP contribution in [0.3, 0.4) is 0 Å². The maximum absolute atomic E-state index is 13.5. The van der Waals surface area contributed by atoms with E-state index in [0.717, 1.165) is 6.07 Å². The topological polar surface area (TPSA) is 91.0 Å². The Kier molecular flexibility index (Phi) is 6.81. The van der Waals surface area contributed by atoms with Crippen LogP contribution in [0, 0.1) is 5.82 Å². The number of hydrogen-bond donors (Lipinski definition) is 2. The first-order chi connectivity index (χ1) is 14.8. The molecular weight excluding hydrogens is 423 g/mol. The van der Waals surface area contributed by atoms with Gasteiger partial charge in [-0.2, -0.15) is 0 Å². The van der Waals surface area contributed by atoms with Crippen molar-refractivity contribution in [3.05, 3.63) is 59.9 Å². The fourth-order valence-corrected chi connectivity index (χ4v) is 3.50. The number of rotatable bonds is 7. The summed E-state index contributed by atoms with van der Waals surface area (Å²) in [5.41, 5.74) is 3.12. The van der Waals surface area contributed by atoms with Crippen LogP contribution >= 0.6 is 12.2 Å². The van der Waals surface area contributed by atoms with Crippen LogP contribution in [0.2, 0.25) is 0 Å². The second-order valence-corrected chi connectivity index (χ2v) is 7.05. The Morgan fingerprint density at radius 3 is 2.52 bits per heavy atom. The third kappa shape index (κ3) is 4.97. The van der Waals surface area contributed by atoms with Crippen molar-refractivity contribution in [1.29, 1.82) is 0 Å². The number of ether oxygens (including phenoxy) is 1. The minimum atomic E-state index is -1.02. The van der Waals surface area contributed by atoms with E-state index in [1.807, 2.05) is 0 Å². The molecule has 1 fully saturated rings. The fraction of sp³-hybridized carbons (Fsp3) is 0.238. The summed E-state index contributed by atoms with van der Waals surface area (Å²) >= 11 is 5.32. The number of amides is 3. The first-order valence-corrected chi connectivity index (χ1v) is 9.90. The number of nitrogens with zero attached hydrogens (tertiary/aromatic N) is 2. The standard InChI is InChI=1S/C21H21FN4O4S/c1-3-25-20(29)17(12-18(27)23-15-7-9-16(30-2)10-8-15)26(21(25)31)24-19(28)13-5-4-6-14(22)11-13/h4-11,17H,3,12H2,1-2H3,(H,23,27)(H,24,28). The second-order valence-electron chi connectivity index (χ2n) is 6.68. The molecule has 1 unspecified atom stereocenters. The number of hydrazine groups is 1. The Labute approximate surface area is 183 Å². The van der Waals surface area contributed by atoms with Crippen LogP contribution in [-0.2, 0) is 9.59 Å². The molecule has 0 aliphatic carbocycles. The molecule has 162 valence electrons. The van der Waals surface area contributed by atoms with Crippen molar-refractivity contribution >= 4 is 40.7 Å². The molecule has 0 radical (unpaired) electrons. The van der Waals surface area contributed by atoms with Crippen molar-refractivity contribution in [3.8, 4) is 5.75 Å². The summed E-state index contributed by atoms with van der Waals surface area (Å²) in [6.45, 7) is 2.01. The van der Waals surface area contributed by atoms with Gasteiger partial charge in [0, 0.05) is 17.8 Å². The highest BCUT2D eigenvalue weighted by Crippen LogP contribution is 2.21. The largest absolute Gasteiger partial charge is 0.497 e. The van der Waals surface area contributed by atoms with Gasteiger partial charge in [0.1, 0.15) is 17.6 Å². The molecule has 0 saturated carbocycles. The number of thiocarbonyl (C=S) groups is 1. The van der Waals surface area contributed by atoms with Crippen LogP contribution in [0.5, 0.6) is 5.75 Å². The van der Waals surface area contributed by atoms with E-state index in [1.54, 1.807) is 31.2 Å². The predicted molar refractivity (Wildman–Crippen MR) is 116 cm³/mol. The van der Waals surface area contributed by atoms with E-state index >= 15 is 0 Å². The SMILES string of the molecule is CCN1C(=O)C(CC(=O)Nc2ccc(OC)cc2)N(NC(=O)c2cccc(F)c2)C1=S. The molecule has 1 atom stereocenters. The lowest BCUT2D eigenvalue weighted by atomic mass is 10.1. The van der Waals surface area contributed by atoms with Gasteiger partial charge in [0.05, 0.1) is 13.5 Å². The Balaban J connectivity index is 1.74. The molecule has 8 nitrogen and oxygen atoms in total. The number of anilines is 1. The molecule has 1 aliphatic rings. The molecule has 1 heterocycles.